The Labute approximate surface area is 88.4 Å². The van der Waals surface area contributed by atoms with Gasteiger partial charge >= 0.3 is 0 Å². The third-order valence-electron chi connectivity index (χ3n) is 2.74. The number of aromatic nitrogens is 1. The zero-order valence-corrected chi connectivity index (χ0v) is 8.99. The summed E-state index contributed by atoms with van der Waals surface area (Å²) in [7, 11) is 0. The van der Waals surface area contributed by atoms with Crippen molar-refractivity contribution in [2.24, 2.45) is 0 Å². The first kappa shape index (κ1) is 10.2. The molecule has 1 aliphatic rings. The van der Waals surface area contributed by atoms with Gasteiger partial charge in [0.05, 0.1) is 6.20 Å². The number of nitrogens with zero attached hydrogens (tertiary/aromatic N) is 2. The van der Waals surface area contributed by atoms with Crippen LogP contribution in [0.25, 0.3) is 0 Å². The van der Waals surface area contributed by atoms with Gasteiger partial charge in [-0.15, -0.1) is 0 Å². The molecule has 82 valence electrons. The van der Waals surface area contributed by atoms with Gasteiger partial charge in [0.2, 0.25) is 0 Å². The number of hydrogen-bond donors (Lipinski definition) is 1. The van der Waals surface area contributed by atoms with E-state index in [4.69, 9.17) is 4.52 Å². The summed E-state index contributed by atoms with van der Waals surface area (Å²) in [5, 5.41) is 6.87. The Morgan fingerprint density at radius 2 is 2.53 bits per heavy atom. The minimum Gasteiger partial charge on any atom is -0.361 e. The Morgan fingerprint density at radius 1 is 1.73 bits per heavy atom. The first-order valence-corrected chi connectivity index (χ1v) is 5.13. The average molecular weight is 209 g/mol. The van der Waals surface area contributed by atoms with Crippen LogP contribution in [0.15, 0.2) is 10.7 Å². The molecule has 2 rings (SSSR count). The fourth-order valence-corrected chi connectivity index (χ4v) is 1.80. The van der Waals surface area contributed by atoms with E-state index in [-0.39, 0.29) is 11.9 Å². The molecule has 1 aromatic heterocycles. The van der Waals surface area contributed by atoms with Gasteiger partial charge < -0.3 is 14.7 Å². The monoisotopic (exact) mass is 209 g/mol. The standard InChI is InChI=1S/C10H15N3O2/c1-7-5-11-3-4-13(7)10(14)9-6-12-15-8(9)2/h6-7,11H,3-5H2,1-2H3/t7-/m0/s1. The third kappa shape index (κ3) is 1.87. The fraction of sp³-hybridized carbons (Fsp3) is 0.600. The van der Waals surface area contributed by atoms with Crippen molar-refractivity contribution in [1.29, 1.82) is 0 Å². The Balaban J connectivity index is 2.17. The van der Waals surface area contributed by atoms with Crippen molar-refractivity contribution in [1.82, 2.24) is 15.4 Å². The summed E-state index contributed by atoms with van der Waals surface area (Å²) in [6.07, 6.45) is 1.49. The smallest absolute Gasteiger partial charge is 0.259 e. The number of amides is 1. The van der Waals surface area contributed by atoms with E-state index in [0.717, 1.165) is 19.6 Å². The van der Waals surface area contributed by atoms with Crippen LogP contribution in [0.2, 0.25) is 0 Å². The zero-order chi connectivity index (χ0) is 10.8. The largest absolute Gasteiger partial charge is 0.361 e. The molecule has 5 nitrogen and oxygen atoms in total. The molecular weight excluding hydrogens is 194 g/mol. The maximum absolute atomic E-state index is 12.1. The van der Waals surface area contributed by atoms with Gasteiger partial charge in [-0.05, 0) is 13.8 Å². The highest BCUT2D eigenvalue weighted by molar-refractivity contribution is 5.95. The Bertz CT molecular complexity index is 361. The predicted octanol–water partition coefficient (Wildman–Crippen LogP) is 0.417. The number of hydrogen-bond acceptors (Lipinski definition) is 4. The minimum atomic E-state index is 0.0164. The lowest BCUT2D eigenvalue weighted by atomic mass is 10.1. The Hall–Kier alpha value is -1.36. The highest BCUT2D eigenvalue weighted by atomic mass is 16.5. The average Bonchev–Trinajstić information content (AvgIpc) is 2.64. The number of carbonyl (C=O) groups is 1. The molecule has 0 aromatic carbocycles. The molecule has 1 fully saturated rings. The maximum atomic E-state index is 12.1. The topological polar surface area (TPSA) is 58.4 Å². The molecule has 0 radical (unpaired) electrons. The second-order valence-electron chi connectivity index (χ2n) is 3.85. The molecule has 5 heteroatoms. The van der Waals surface area contributed by atoms with Crippen LogP contribution in [-0.2, 0) is 0 Å². The summed E-state index contributed by atoms with van der Waals surface area (Å²) in [6, 6.07) is 0.223. The van der Waals surface area contributed by atoms with Gasteiger partial charge in [0, 0.05) is 25.7 Å². The summed E-state index contributed by atoms with van der Waals surface area (Å²) in [5.74, 6) is 0.605. The van der Waals surface area contributed by atoms with Crippen LogP contribution in [0.5, 0.6) is 0 Å². The number of aryl methyl sites for hydroxylation is 1. The normalized spacial score (nSPS) is 21.7. The molecule has 2 heterocycles. The summed E-state index contributed by atoms with van der Waals surface area (Å²) < 4.78 is 4.90. The molecule has 0 unspecified atom stereocenters. The van der Waals surface area contributed by atoms with Crippen LogP contribution < -0.4 is 5.32 Å². The lowest BCUT2D eigenvalue weighted by molar-refractivity contribution is 0.0654. The van der Waals surface area contributed by atoms with Gasteiger partial charge in [-0.2, -0.15) is 0 Å². The molecule has 0 aliphatic carbocycles. The lowest BCUT2D eigenvalue weighted by Crippen LogP contribution is -2.52. The molecule has 0 saturated carbocycles. The van der Waals surface area contributed by atoms with E-state index in [9.17, 15) is 4.79 Å². The van der Waals surface area contributed by atoms with E-state index >= 15 is 0 Å². The fourth-order valence-electron chi connectivity index (χ4n) is 1.80. The molecule has 0 bridgehead atoms. The van der Waals surface area contributed by atoms with E-state index in [1.807, 2.05) is 11.8 Å². The number of rotatable bonds is 1. The van der Waals surface area contributed by atoms with E-state index < -0.39 is 0 Å². The van der Waals surface area contributed by atoms with E-state index in [1.165, 1.54) is 6.20 Å². The summed E-state index contributed by atoms with van der Waals surface area (Å²) in [6.45, 7) is 6.22. The number of carbonyl (C=O) groups excluding carboxylic acids is 1. The first-order chi connectivity index (χ1) is 7.20. The molecule has 1 aliphatic heterocycles. The number of piperazine rings is 1. The quantitative estimate of drug-likeness (QED) is 0.728. The highest BCUT2D eigenvalue weighted by Crippen LogP contribution is 2.13. The van der Waals surface area contributed by atoms with Crippen molar-refractivity contribution in [2.75, 3.05) is 19.6 Å². The molecular formula is C10H15N3O2. The van der Waals surface area contributed by atoms with Gasteiger partial charge in [0.1, 0.15) is 11.3 Å². The van der Waals surface area contributed by atoms with Crippen molar-refractivity contribution in [2.45, 2.75) is 19.9 Å². The van der Waals surface area contributed by atoms with E-state index in [1.54, 1.807) is 6.92 Å². The highest BCUT2D eigenvalue weighted by Gasteiger charge is 2.26. The van der Waals surface area contributed by atoms with Crippen LogP contribution in [0.4, 0.5) is 0 Å². The molecule has 1 amide bonds. The SMILES string of the molecule is Cc1oncc1C(=O)N1CCNC[C@@H]1C. The zero-order valence-electron chi connectivity index (χ0n) is 8.99. The van der Waals surface area contributed by atoms with Crippen molar-refractivity contribution >= 4 is 5.91 Å². The molecule has 1 saturated heterocycles. The van der Waals surface area contributed by atoms with Crippen LogP contribution in [-0.4, -0.2) is 41.6 Å². The molecule has 1 aromatic rings. The Kier molecular flexibility index (Phi) is 2.73. The lowest BCUT2D eigenvalue weighted by Gasteiger charge is -2.33. The summed E-state index contributed by atoms with van der Waals surface area (Å²) in [5.41, 5.74) is 0.573. The predicted molar refractivity (Wildman–Crippen MR) is 54.6 cm³/mol. The van der Waals surface area contributed by atoms with Gasteiger partial charge in [-0.3, -0.25) is 4.79 Å². The van der Waals surface area contributed by atoms with Crippen LogP contribution in [0.3, 0.4) is 0 Å². The molecule has 0 spiro atoms. The Morgan fingerprint density at radius 3 is 3.13 bits per heavy atom. The number of nitrogens with one attached hydrogen (secondary N) is 1. The van der Waals surface area contributed by atoms with Crippen molar-refractivity contribution < 1.29 is 9.32 Å². The first-order valence-electron chi connectivity index (χ1n) is 5.13. The van der Waals surface area contributed by atoms with Crippen LogP contribution in [0, 0.1) is 6.92 Å². The minimum absolute atomic E-state index is 0.0164. The van der Waals surface area contributed by atoms with E-state index in [0.29, 0.717) is 11.3 Å². The van der Waals surface area contributed by atoms with Crippen LogP contribution in [0.1, 0.15) is 23.0 Å². The molecule has 15 heavy (non-hydrogen) atoms. The molecule has 1 atom stereocenters. The van der Waals surface area contributed by atoms with Gasteiger partial charge in [-0.25, -0.2) is 0 Å². The van der Waals surface area contributed by atoms with Gasteiger partial charge in [-0.1, -0.05) is 5.16 Å². The van der Waals surface area contributed by atoms with Crippen molar-refractivity contribution in [3.63, 3.8) is 0 Å². The van der Waals surface area contributed by atoms with Gasteiger partial charge in [0.15, 0.2) is 0 Å². The maximum Gasteiger partial charge on any atom is 0.259 e. The summed E-state index contributed by atoms with van der Waals surface area (Å²) >= 11 is 0. The van der Waals surface area contributed by atoms with E-state index in [2.05, 4.69) is 10.5 Å². The molecule has 1 N–H and O–H groups in total. The van der Waals surface area contributed by atoms with Gasteiger partial charge in [0.25, 0.3) is 5.91 Å². The second-order valence-corrected chi connectivity index (χ2v) is 3.85. The second kappa shape index (κ2) is 4.02. The summed E-state index contributed by atoms with van der Waals surface area (Å²) in [4.78, 5) is 13.9. The van der Waals surface area contributed by atoms with Crippen LogP contribution >= 0.6 is 0 Å². The third-order valence-corrected chi connectivity index (χ3v) is 2.74. The van der Waals surface area contributed by atoms with Crippen molar-refractivity contribution in [3.05, 3.63) is 17.5 Å². The van der Waals surface area contributed by atoms with Crippen molar-refractivity contribution in [3.8, 4) is 0 Å².